The maximum Gasteiger partial charge on any atom is 0.310 e. The highest BCUT2D eigenvalue weighted by Crippen LogP contribution is 2.39. The Balaban J connectivity index is 2.02. The molecule has 1 heterocycles. The number of esters is 1. The number of fused-ring (bicyclic) bond motifs is 1. The number of carbonyl (C=O) groups is 1. The Hall–Kier alpha value is -2.49. The monoisotopic (exact) mass is 298 g/mol. The van der Waals surface area contributed by atoms with Crippen LogP contribution in [0.1, 0.15) is 22.8 Å². The van der Waals surface area contributed by atoms with Crippen LogP contribution in [0.15, 0.2) is 42.5 Å². The van der Waals surface area contributed by atoms with Crippen LogP contribution in [0.25, 0.3) is 0 Å². The average molecular weight is 298 g/mol. The molecule has 0 fully saturated rings. The first-order valence-corrected chi connectivity index (χ1v) is 7.19. The summed E-state index contributed by atoms with van der Waals surface area (Å²) >= 11 is 0. The molecule has 0 bridgehead atoms. The van der Waals surface area contributed by atoms with Crippen LogP contribution in [0.4, 0.5) is 0 Å². The van der Waals surface area contributed by atoms with Crippen LogP contribution < -0.4 is 9.47 Å². The maximum atomic E-state index is 11.9. The summed E-state index contributed by atoms with van der Waals surface area (Å²) in [5.41, 5.74) is 2.96. The minimum absolute atomic E-state index is 0.219. The summed E-state index contributed by atoms with van der Waals surface area (Å²) in [7, 11) is 3.22. The van der Waals surface area contributed by atoms with E-state index in [9.17, 15) is 4.79 Å². The minimum atomic E-state index is -0.334. The fraction of sp³-hybridized carbons (Fsp3) is 0.278. The Labute approximate surface area is 129 Å². The number of ether oxygens (including phenoxy) is 3. The first-order valence-electron chi connectivity index (χ1n) is 7.19. The summed E-state index contributed by atoms with van der Waals surface area (Å²) in [6, 6.07) is 13.7. The van der Waals surface area contributed by atoms with E-state index in [1.165, 1.54) is 0 Å². The van der Waals surface area contributed by atoms with Gasteiger partial charge >= 0.3 is 5.97 Å². The molecule has 0 aliphatic carbocycles. The van der Waals surface area contributed by atoms with Crippen molar-refractivity contribution in [1.82, 2.24) is 0 Å². The van der Waals surface area contributed by atoms with Crippen molar-refractivity contribution in [3.63, 3.8) is 0 Å². The molecule has 0 radical (unpaired) electrons. The van der Waals surface area contributed by atoms with Crippen molar-refractivity contribution in [1.29, 1.82) is 0 Å². The summed E-state index contributed by atoms with van der Waals surface area (Å²) < 4.78 is 16.3. The third kappa shape index (κ3) is 2.77. The molecule has 0 amide bonds. The largest absolute Gasteiger partial charge is 0.497 e. The van der Waals surface area contributed by atoms with Crippen molar-refractivity contribution in [2.45, 2.75) is 18.9 Å². The van der Waals surface area contributed by atoms with Gasteiger partial charge in [-0.2, -0.15) is 0 Å². The lowest BCUT2D eigenvalue weighted by molar-refractivity contribution is -0.150. The Morgan fingerprint density at radius 1 is 1.14 bits per heavy atom. The van der Waals surface area contributed by atoms with Gasteiger partial charge < -0.3 is 14.2 Å². The summed E-state index contributed by atoms with van der Waals surface area (Å²) in [5, 5.41) is 0. The number of carbonyl (C=O) groups excluding carboxylic acids is 1. The van der Waals surface area contributed by atoms with E-state index in [1.54, 1.807) is 14.2 Å². The van der Waals surface area contributed by atoms with Crippen molar-refractivity contribution < 1.29 is 19.0 Å². The number of rotatable bonds is 4. The van der Waals surface area contributed by atoms with E-state index in [0.717, 1.165) is 16.7 Å². The van der Waals surface area contributed by atoms with Gasteiger partial charge in [0, 0.05) is 18.1 Å². The van der Waals surface area contributed by atoms with Crippen molar-refractivity contribution >= 4 is 5.97 Å². The molecule has 1 aliphatic rings. The molecule has 114 valence electrons. The molecule has 0 aromatic heterocycles. The van der Waals surface area contributed by atoms with Crippen LogP contribution in [0.2, 0.25) is 0 Å². The van der Waals surface area contributed by atoms with E-state index in [0.29, 0.717) is 17.9 Å². The van der Waals surface area contributed by atoms with Gasteiger partial charge in [-0.05, 0) is 17.2 Å². The molecule has 0 N–H and O–H groups in total. The molecule has 4 heteroatoms. The predicted molar refractivity (Wildman–Crippen MR) is 82.2 cm³/mol. The third-order valence-corrected chi connectivity index (χ3v) is 3.85. The van der Waals surface area contributed by atoms with E-state index in [2.05, 4.69) is 0 Å². The van der Waals surface area contributed by atoms with E-state index in [4.69, 9.17) is 14.2 Å². The number of cyclic esters (lactones) is 1. The number of methoxy groups -OCH3 is 2. The molecule has 22 heavy (non-hydrogen) atoms. The fourth-order valence-corrected chi connectivity index (χ4v) is 2.84. The number of hydrogen-bond donors (Lipinski definition) is 0. The van der Waals surface area contributed by atoms with Gasteiger partial charge in [-0.3, -0.25) is 4.79 Å². The van der Waals surface area contributed by atoms with E-state index in [1.807, 2.05) is 42.5 Å². The molecule has 4 nitrogen and oxygen atoms in total. The first kappa shape index (κ1) is 14.4. The molecular formula is C18H18O4. The van der Waals surface area contributed by atoms with E-state index < -0.39 is 0 Å². The molecule has 2 aromatic rings. The second-order valence-corrected chi connectivity index (χ2v) is 5.25. The van der Waals surface area contributed by atoms with Gasteiger partial charge in [0.05, 0.1) is 20.6 Å². The van der Waals surface area contributed by atoms with Crippen molar-refractivity contribution in [2.75, 3.05) is 14.2 Å². The Morgan fingerprint density at radius 2 is 1.91 bits per heavy atom. The van der Waals surface area contributed by atoms with Crippen molar-refractivity contribution in [2.24, 2.45) is 0 Å². The molecule has 1 atom stereocenters. The van der Waals surface area contributed by atoms with E-state index >= 15 is 0 Å². The summed E-state index contributed by atoms with van der Waals surface area (Å²) in [6.07, 6.45) is 0.538. The first-order chi connectivity index (χ1) is 10.7. The lowest BCUT2D eigenvalue weighted by Gasteiger charge is -2.28. The van der Waals surface area contributed by atoms with Crippen LogP contribution in [-0.2, 0) is 22.4 Å². The molecule has 3 rings (SSSR count). The highest BCUT2D eigenvalue weighted by molar-refractivity contribution is 5.76. The van der Waals surface area contributed by atoms with Crippen LogP contribution in [0, 0.1) is 0 Å². The van der Waals surface area contributed by atoms with E-state index in [-0.39, 0.29) is 18.5 Å². The molecule has 2 aromatic carbocycles. The standard InChI is InChI=1S/C18H18O4/c1-20-14-9-13-10-17(19)22-16(18(13)15(11-14)21-2)8-12-6-4-3-5-7-12/h3-7,9,11,16H,8,10H2,1-2H3. The average Bonchev–Trinajstić information content (AvgIpc) is 2.54. The summed E-state index contributed by atoms with van der Waals surface area (Å²) in [5.74, 6) is 1.16. The fourth-order valence-electron chi connectivity index (χ4n) is 2.84. The quantitative estimate of drug-likeness (QED) is 0.814. The molecule has 1 unspecified atom stereocenters. The SMILES string of the molecule is COc1cc2c(c(OC)c1)C(Cc1ccccc1)OC(=O)C2. The van der Waals surface area contributed by atoms with Crippen LogP contribution in [-0.4, -0.2) is 20.2 Å². The second kappa shape index (κ2) is 6.10. The normalized spacial score (nSPS) is 16.6. The maximum absolute atomic E-state index is 11.9. The van der Waals surface area contributed by atoms with Gasteiger partial charge in [-0.1, -0.05) is 30.3 Å². The van der Waals surface area contributed by atoms with Crippen LogP contribution in [0.5, 0.6) is 11.5 Å². The van der Waals surface area contributed by atoms with Gasteiger partial charge in [0.1, 0.15) is 17.6 Å². The van der Waals surface area contributed by atoms with Gasteiger partial charge in [-0.15, -0.1) is 0 Å². The summed E-state index contributed by atoms with van der Waals surface area (Å²) in [4.78, 5) is 11.9. The number of hydrogen-bond acceptors (Lipinski definition) is 4. The van der Waals surface area contributed by atoms with Crippen LogP contribution in [0.3, 0.4) is 0 Å². The molecular weight excluding hydrogens is 280 g/mol. The Kier molecular flexibility index (Phi) is 4.00. The lowest BCUT2D eigenvalue weighted by atomic mass is 9.92. The summed E-state index contributed by atoms with van der Waals surface area (Å²) in [6.45, 7) is 0. The van der Waals surface area contributed by atoms with Crippen LogP contribution >= 0.6 is 0 Å². The zero-order valence-electron chi connectivity index (χ0n) is 12.7. The Bertz CT molecular complexity index is 679. The molecule has 0 saturated heterocycles. The van der Waals surface area contributed by atoms with Gasteiger partial charge in [0.15, 0.2) is 0 Å². The minimum Gasteiger partial charge on any atom is -0.497 e. The predicted octanol–water partition coefficient (Wildman–Crippen LogP) is 3.09. The zero-order valence-corrected chi connectivity index (χ0v) is 12.7. The lowest BCUT2D eigenvalue weighted by Crippen LogP contribution is -2.23. The zero-order chi connectivity index (χ0) is 15.5. The van der Waals surface area contributed by atoms with Gasteiger partial charge in [0.25, 0.3) is 0 Å². The highest BCUT2D eigenvalue weighted by Gasteiger charge is 2.30. The smallest absolute Gasteiger partial charge is 0.310 e. The van der Waals surface area contributed by atoms with Gasteiger partial charge in [0.2, 0.25) is 0 Å². The highest BCUT2D eigenvalue weighted by atomic mass is 16.5. The third-order valence-electron chi connectivity index (χ3n) is 3.85. The van der Waals surface area contributed by atoms with Gasteiger partial charge in [-0.25, -0.2) is 0 Å². The molecule has 0 saturated carbocycles. The van der Waals surface area contributed by atoms with Crippen molar-refractivity contribution in [3.8, 4) is 11.5 Å². The topological polar surface area (TPSA) is 44.8 Å². The number of benzene rings is 2. The second-order valence-electron chi connectivity index (χ2n) is 5.25. The Morgan fingerprint density at radius 3 is 2.59 bits per heavy atom. The molecule has 0 spiro atoms. The molecule has 1 aliphatic heterocycles. The van der Waals surface area contributed by atoms with Crippen molar-refractivity contribution in [3.05, 3.63) is 59.2 Å².